The van der Waals surface area contributed by atoms with Crippen LogP contribution in [0.1, 0.15) is 10.4 Å². The van der Waals surface area contributed by atoms with Gasteiger partial charge < -0.3 is 10.2 Å². The van der Waals surface area contributed by atoms with Crippen molar-refractivity contribution >= 4 is 57.4 Å². The van der Waals surface area contributed by atoms with Crippen LogP contribution in [0.25, 0.3) is 0 Å². The predicted molar refractivity (Wildman–Crippen MR) is 42.2 cm³/mol. The van der Waals surface area contributed by atoms with E-state index in [9.17, 15) is 4.79 Å². The zero-order chi connectivity index (χ0) is 7.56. The normalized spacial score (nSPS) is 8.36. The van der Waals surface area contributed by atoms with Gasteiger partial charge in [0.15, 0.2) is 0 Å². The molecule has 0 fully saturated rings. The second-order valence-corrected chi connectivity index (χ2v) is 1.86. The number of aromatic carboxylic acids is 1. The molecule has 0 radical (unpaired) electrons. The van der Waals surface area contributed by atoms with Gasteiger partial charge in [-0.1, -0.05) is 6.07 Å². The third kappa shape index (κ3) is 3.35. The van der Waals surface area contributed by atoms with E-state index in [1.54, 1.807) is 0 Å². The summed E-state index contributed by atoms with van der Waals surface area (Å²) in [5.41, 5.74) is 0.0972. The van der Waals surface area contributed by atoms with Crippen LogP contribution >= 0.6 is 0 Å². The van der Waals surface area contributed by atoms with Gasteiger partial charge in [0.05, 0.1) is 5.56 Å². The summed E-state index contributed by atoms with van der Waals surface area (Å²) in [5.74, 6) is -1.06. The van der Waals surface area contributed by atoms with E-state index in [2.05, 4.69) is 0 Å². The summed E-state index contributed by atoms with van der Waals surface area (Å²) in [6.07, 6.45) is 0. The van der Waals surface area contributed by atoms with Crippen molar-refractivity contribution in [3.63, 3.8) is 0 Å². The number of carbonyl (C=O) groups is 1. The molecule has 2 N–H and O–H groups in total. The fourth-order valence-electron chi connectivity index (χ4n) is 0.639. The molecule has 11 heavy (non-hydrogen) atoms. The molecule has 54 valence electrons. The van der Waals surface area contributed by atoms with Crippen LogP contribution in [-0.2, 0) is 0 Å². The molecule has 4 heteroatoms. The number of carboxylic acid groups (broad SMARTS) is 1. The van der Waals surface area contributed by atoms with Gasteiger partial charge in [-0.05, 0) is 18.2 Å². The van der Waals surface area contributed by atoms with Crippen LogP contribution in [0.15, 0.2) is 24.3 Å². The Morgan fingerprint density at radius 1 is 1.36 bits per heavy atom. The van der Waals surface area contributed by atoms with E-state index in [1.165, 1.54) is 24.3 Å². The van der Waals surface area contributed by atoms with Crippen molar-refractivity contribution in [2.75, 3.05) is 0 Å². The van der Waals surface area contributed by atoms with E-state index in [4.69, 9.17) is 10.2 Å². The van der Waals surface area contributed by atoms with E-state index < -0.39 is 5.97 Å². The molecule has 0 heterocycles. The number of hydrogen-bond donors (Lipinski definition) is 2. The molecule has 0 aliphatic carbocycles. The average Bonchev–Trinajstić information content (AvgIpc) is 1.88. The van der Waals surface area contributed by atoms with Crippen LogP contribution in [0.3, 0.4) is 0 Å². The Balaban J connectivity index is 0.000001000. The van der Waals surface area contributed by atoms with Crippen molar-refractivity contribution in [3.05, 3.63) is 29.8 Å². The molecule has 0 aliphatic heterocycles. The van der Waals surface area contributed by atoms with Gasteiger partial charge in [-0.3, -0.25) is 0 Å². The number of rotatable bonds is 1. The van der Waals surface area contributed by atoms with E-state index in [-0.39, 0.29) is 62.7 Å². The quantitative estimate of drug-likeness (QED) is 0.613. The second-order valence-electron chi connectivity index (χ2n) is 1.86. The Morgan fingerprint density at radius 2 is 2.00 bits per heavy atom. The first kappa shape index (κ1) is 11.1. The molecule has 0 spiro atoms. The third-order valence-corrected chi connectivity index (χ3v) is 1.09. The number of benzene rings is 1. The molecule has 1 aromatic carbocycles. The molecule has 1 aromatic rings. The van der Waals surface area contributed by atoms with Crippen LogP contribution in [0.4, 0.5) is 0 Å². The first-order chi connectivity index (χ1) is 4.70. The topological polar surface area (TPSA) is 57.5 Å². The summed E-state index contributed by atoms with van der Waals surface area (Å²) in [6.45, 7) is 0. The van der Waals surface area contributed by atoms with E-state index in [0.717, 1.165) is 0 Å². The molecule has 3 nitrogen and oxygen atoms in total. The summed E-state index contributed by atoms with van der Waals surface area (Å²) >= 11 is 0. The predicted octanol–water partition coefficient (Wildman–Crippen LogP) is 0.442. The Bertz CT molecular complexity index is 260. The van der Waals surface area contributed by atoms with Crippen LogP contribution in [-0.4, -0.2) is 67.6 Å². The van der Waals surface area contributed by atoms with E-state index >= 15 is 0 Å². The summed E-state index contributed by atoms with van der Waals surface area (Å²) in [6, 6.07) is 5.52. The molecule has 0 unspecified atom stereocenters. The first-order valence-corrected chi connectivity index (χ1v) is 2.72. The Labute approximate surface area is 106 Å². The molecule has 0 saturated carbocycles. The summed E-state index contributed by atoms with van der Waals surface area (Å²) in [5, 5.41) is 17.2. The molecule has 0 aliphatic rings. The van der Waals surface area contributed by atoms with Crippen molar-refractivity contribution in [1.82, 2.24) is 0 Å². The molecule has 0 saturated heterocycles. The van der Waals surface area contributed by atoms with Gasteiger partial charge in [-0.2, -0.15) is 0 Å². The summed E-state index contributed by atoms with van der Waals surface area (Å²) < 4.78 is 0. The van der Waals surface area contributed by atoms with Crippen molar-refractivity contribution in [1.29, 1.82) is 0 Å². The second kappa shape index (κ2) is 4.90. The van der Waals surface area contributed by atoms with E-state index in [1.807, 2.05) is 0 Å². The van der Waals surface area contributed by atoms with Crippen molar-refractivity contribution in [3.8, 4) is 5.75 Å². The minimum absolute atomic E-state index is 0. The Hall–Kier alpha value is 0.126. The van der Waals surface area contributed by atoms with Gasteiger partial charge in [-0.15, -0.1) is 0 Å². The van der Waals surface area contributed by atoms with Gasteiger partial charge in [-0.25, -0.2) is 4.79 Å². The maximum atomic E-state index is 10.2. The zero-order valence-corrected chi connectivity index (χ0v) is 5.11. The number of phenols is 1. The molecule has 1 rings (SSSR count). The fourth-order valence-corrected chi connectivity index (χ4v) is 0.639. The van der Waals surface area contributed by atoms with E-state index in [0.29, 0.717) is 0 Å². The SMILES string of the molecule is O=C(O)c1cccc(O)c1.[KH]. The van der Waals surface area contributed by atoms with Crippen LogP contribution in [0.2, 0.25) is 0 Å². The van der Waals surface area contributed by atoms with Crippen LogP contribution in [0, 0.1) is 0 Å². The first-order valence-electron chi connectivity index (χ1n) is 2.72. The average molecular weight is 178 g/mol. The van der Waals surface area contributed by atoms with Gasteiger partial charge in [0.2, 0.25) is 0 Å². The molecular formula is C7H7KO3. The zero-order valence-electron chi connectivity index (χ0n) is 5.11. The molecule has 0 bridgehead atoms. The molecule has 0 atom stereocenters. The third-order valence-electron chi connectivity index (χ3n) is 1.09. The maximum absolute atomic E-state index is 10.2. The fraction of sp³-hybridized carbons (Fsp3) is 0. The van der Waals surface area contributed by atoms with Gasteiger partial charge >= 0.3 is 57.4 Å². The standard InChI is InChI=1S/C7H6O3.K.H/c8-6-3-1-2-5(4-6)7(9)10;;/h1-4,8H,(H,9,10);;. The monoisotopic (exact) mass is 178 g/mol. The Kier molecular flexibility index (Phi) is 4.95. The van der Waals surface area contributed by atoms with Crippen LogP contribution in [0.5, 0.6) is 5.75 Å². The number of carboxylic acids is 1. The summed E-state index contributed by atoms with van der Waals surface area (Å²) in [7, 11) is 0. The Morgan fingerprint density at radius 3 is 2.36 bits per heavy atom. The van der Waals surface area contributed by atoms with Gasteiger partial charge in [0, 0.05) is 0 Å². The number of aromatic hydroxyl groups is 1. The van der Waals surface area contributed by atoms with Crippen LogP contribution < -0.4 is 0 Å². The van der Waals surface area contributed by atoms with Crippen molar-refractivity contribution < 1.29 is 15.0 Å². The summed E-state index contributed by atoms with van der Waals surface area (Å²) in [4.78, 5) is 10.2. The van der Waals surface area contributed by atoms with Gasteiger partial charge in [0.1, 0.15) is 5.75 Å². The minimum atomic E-state index is -1.03. The van der Waals surface area contributed by atoms with Crippen molar-refractivity contribution in [2.45, 2.75) is 0 Å². The number of hydrogen-bond acceptors (Lipinski definition) is 2. The molecule has 0 aromatic heterocycles. The van der Waals surface area contributed by atoms with Crippen molar-refractivity contribution in [2.24, 2.45) is 0 Å². The number of phenolic OH excluding ortho intramolecular Hbond substituents is 1. The molecule has 0 amide bonds. The molecular weight excluding hydrogens is 171 g/mol. The van der Waals surface area contributed by atoms with Gasteiger partial charge in [0.25, 0.3) is 0 Å².